The Morgan fingerprint density at radius 2 is 2.17 bits per heavy atom. The summed E-state index contributed by atoms with van der Waals surface area (Å²) in [6.45, 7) is 1.92. The molecule has 0 aliphatic carbocycles. The van der Waals surface area contributed by atoms with Crippen molar-refractivity contribution in [2.24, 2.45) is 0 Å². The van der Waals surface area contributed by atoms with E-state index in [4.69, 9.17) is 4.74 Å². The number of nitrogens with zero attached hydrogens (tertiary/aromatic N) is 2. The highest BCUT2D eigenvalue weighted by molar-refractivity contribution is 6.02. The molecule has 23 heavy (non-hydrogen) atoms. The molecule has 7 heteroatoms. The van der Waals surface area contributed by atoms with Gasteiger partial charge in [-0.15, -0.1) is 0 Å². The minimum atomic E-state index is -0.684. The van der Waals surface area contributed by atoms with E-state index in [2.05, 4.69) is 15.7 Å². The van der Waals surface area contributed by atoms with Crippen LogP contribution in [-0.2, 0) is 4.74 Å². The maximum atomic E-state index is 12.7. The third kappa shape index (κ3) is 2.94. The van der Waals surface area contributed by atoms with E-state index in [9.17, 15) is 9.59 Å². The molecule has 1 aromatic carbocycles. The van der Waals surface area contributed by atoms with Crippen LogP contribution in [0.2, 0.25) is 0 Å². The number of nitrogens with one attached hydrogen (secondary N) is 2. The molecule has 3 rings (SSSR count). The molecule has 0 fully saturated rings. The largest absolute Gasteiger partial charge is 0.449 e. The maximum absolute atomic E-state index is 12.7. The highest BCUT2D eigenvalue weighted by atomic mass is 16.6. The van der Waals surface area contributed by atoms with Gasteiger partial charge in [-0.2, -0.15) is 0 Å². The smallest absolute Gasteiger partial charge is 0.426 e. The van der Waals surface area contributed by atoms with E-state index in [0.29, 0.717) is 11.3 Å². The van der Waals surface area contributed by atoms with Crippen LogP contribution in [0.4, 0.5) is 10.5 Å². The number of carbonyl (C=O) groups excluding carboxylic acids is 2. The number of pyridine rings is 1. The number of aromatic nitrogens is 1. The highest BCUT2D eigenvalue weighted by Gasteiger charge is 2.34. The molecule has 0 saturated heterocycles. The van der Waals surface area contributed by atoms with Crippen LogP contribution >= 0.6 is 0 Å². The van der Waals surface area contributed by atoms with Gasteiger partial charge in [-0.25, -0.2) is 15.2 Å². The summed E-state index contributed by atoms with van der Waals surface area (Å²) in [6, 6.07) is 10.7. The number of para-hydroxylation sites is 1. The molecule has 2 heterocycles. The molecule has 0 spiro atoms. The van der Waals surface area contributed by atoms with Crippen molar-refractivity contribution < 1.29 is 14.3 Å². The van der Waals surface area contributed by atoms with Crippen molar-refractivity contribution in [3.63, 3.8) is 0 Å². The van der Waals surface area contributed by atoms with Crippen LogP contribution in [0.3, 0.4) is 0 Å². The number of carbonyl (C=O) groups is 2. The van der Waals surface area contributed by atoms with E-state index in [1.807, 2.05) is 18.2 Å². The highest BCUT2D eigenvalue weighted by Crippen LogP contribution is 2.31. The minimum absolute atomic E-state index is 0.218. The van der Waals surface area contributed by atoms with Crippen LogP contribution in [0, 0.1) is 0 Å². The van der Waals surface area contributed by atoms with Gasteiger partial charge in [0.2, 0.25) is 0 Å². The fourth-order valence-electron chi connectivity index (χ4n) is 2.40. The molecule has 0 saturated carbocycles. The second-order valence-electron chi connectivity index (χ2n) is 4.89. The molecular formula is C16H16N4O3. The minimum Gasteiger partial charge on any atom is -0.449 e. The number of hydrogen-bond donors (Lipinski definition) is 2. The van der Waals surface area contributed by atoms with Crippen molar-refractivity contribution in [3.05, 3.63) is 59.9 Å². The predicted octanol–water partition coefficient (Wildman–Crippen LogP) is 2.31. The van der Waals surface area contributed by atoms with E-state index in [1.54, 1.807) is 37.5 Å². The van der Waals surface area contributed by atoms with Gasteiger partial charge in [-0.05, 0) is 25.1 Å². The van der Waals surface area contributed by atoms with Crippen molar-refractivity contribution in [2.45, 2.75) is 13.1 Å². The van der Waals surface area contributed by atoms with E-state index in [0.717, 1.165) is 5.56 Å². The summed E-state index contributed by atoms with van der Waals surface area (Å²) in [4.78, 5) is 28.6. The molecule has 7 nitrogen and oxygen atoms in total. The summed E-state index contributed by atoms with van der Waals surface area (Å²) in [5.41, 5.74) is 4.41. The Hall–Kier alpha value is -3.09. The van der Waals surface area contributed by atoms with Crippen molar-refractivity contribution in [3.8, 4) is 0 Å². The lowest BCUT2D eigenvalue weighted by molar-refractivity contribution is 0.0506. The van der Waals surface area contributed by atoms with Gasteiger partial charge in [-0.3, -0.25) is 9.78 Å². The van der Waals surface area contributed by atoms with Crippen LogP contribution in [0.25, 0.3) is 0 Å². The number of hydrazine groups is 1. The Bertz CT molecular complexity index is 720. The summed E-state index contributed by atoms with van der Waals surface area (Å²) in [6.07, 6.45) is 2.02. The van der Waals surface area contributed by atoms with Gasteiger partial charge in [-0.1, -0.05) is 18.2 Å². The average Bonchev–Trinajstić information content (AvgIpc) is 2.58. The molecule has 2 amide bonds. The first-order valence-electron chi connectivity index (χ1n) is 7.23. The molecule has 0 unspecified atom stereocenters. The lowest BCUT2D eigenvalue weighted by Gasteiger charge is -2.37. The first-order chi connectivity index (χ1) is 11.2. The number of amides is 2. The lowest BCUT2D eigenvalue weighted by Crippen LogP contribution is -2.53. The predicted molar refractivity (Wildman–Crippen MR) is 83.4 cm³/mol. The number of rotatable bonds is 3. The Balaban J connectivity index is 1.97. The Labute approximate surface area is 133 Å². The zero-order chi connectivity index (χ0) is 16.2. The summed E-state index contributed by atoms with van der Waals surface area (Å²) in [5, 5.41) is 4.46. The molecule has 2 aromatic rings. The Morgan fingerprint density at radius 1 is 1.35 bits per heavy atom. The first kappa shape index (κ1) is 14.8. The van der Waals surface area contributed by atoms with E-state index < -0.39 is 12.3 Å². The number of benzene rings is 1. The first-order valence-corrected chi connectivity index (χ1v) is 7.23. The molecule has 1 aromatic heterocycles. The van der Waals surface area contributed by atoms with E-state index in [1.165, 1.54) is 5.01 Å². The van der Waals surface area contributed by atoms with Gasteiger partial charge in [0.1, 0.15) is 6.17 Å². The maximum Gasteiger partial charge on any atom is 0.426 e. The Morgan fingerprint density at radius 3 is 2.91 bits per heavy atom. The zero-order valence-electron chi connectivity index (χ0n) is 12.5. The van der Waals surface area contributed by atoms with Crippen LogP contribution in [0.5, 0.6) is 0 Å². The van der Waals surface area contributed by atoms with Gasteiger partial charge >= 0.3 is 6.09 Å². The lowest BCUT2D eigenvalue weighted by atomic mass is 10.1. The topological polar surface area (TPSA) is 83.6 Å². The monoisotopic (exact) mass is 312 g/mol. The summed E-state index contributed by atoms with van der Waals surface area (Å²) < 4.78 is 4.88. The molecule has 1 aliphatic rings. The second kappa shape index (κ2) is 6.35. The van der Waals surface area contributed by atoms with E-state index in [-0.39, 0.29) is 12.5 Å². The molecule has 2 N–H and O–H groups in total. The molecule has 0 bridgehead atoms. The molecule has 1 atom stereocenters. The molecule has 0 radical (unpaired) electrons. The van der Waals surface area contributed by atoms with Gasteiger partial charge in [0, 0.05) is 23.6 Å². The number of hydrogen-bond acceptors (Lipinski definition) is 5. The van der Waals surface area contributed by atoms with Crippen LogP contribution in [0.15, 0.2) is 48.8 Å². The molecular weight excluding hydrogens is 296 g/mol. The quantitative estimate of drug-likeness (QED) is 0.908. The summed E-state index contributed by atoms with van der Waals surface area (Å²) >= 11 is 0. The van der Waals surface area contributed by atoms with Crippen molar-refractivity contribution >= 4 is 17.7 Å². The fourth-order valence-corrected chi connectivity index (χ4v) is 2.40. The third-order valence-electron chi connectivity index (χ3n) is 3.41. The number of ether oxygens (including phenoxy) is 1. The van der Waals surface area contributed by atoms with Crippen LogP contribution in [0.1, 0.15) is 29.0 Å². The van der Waals surface area contributed by atoms with Crippen molar-refractivity contribution in [1.82, 2.24) is 15.4 Å². The summed E-state index contributed by atoms with van der Waals surface area (Å²) in [5.74, 6) is -0.318. The Kier molecular flexibility index (Phi) is 4.09. The average molecular weight is 312 g/mol. The fraction of sp³-hybridized carbons (Fsp3) is 0.188. The van der Waals surface area contributed by atoms with Gasteiger partial charge in [0.15, 0.2) is 0 Å². The normalized spacial score (nSPS) is 16.3. The zero-order valence-corrected chi connectivity index (χ0v) is 12.5. The SMILES string of the molecule is CCOC(=O)NN1C(=O)c2ccccc2N[C@@H]1c1cccnc1. The van der Waals surface area contributed by atoms with Crippen LogP contribution in [-0.4, -0.2) is 28.6 Å². The molecule has 1 aliphatic heterocycles. The standard InChI is InChI=1S/C16H16N4O3/c1-2-23-16(22)19-20-14(11-6-5-9-17-10-11)18-13-8-4-3-7-12(13)15(20)21/h3-10,14,18H,2H2,1H3,(H,19,22)/t14-/m0/s1. The van der Waals surface area contributed by atoms with E-state index >= 15 is 0 Å². The van der Waals surface area contributed by atoms with Gasteiger partial charge in [0.25, 0.3) is 5.91 Å². The molecule has 118 valence electrons. The summed E-state index contributed by atoms with van der Waals surface area (Å²) in [7, 11) is 0. The second-order valence-corrected chi connectivity index (χ2v) is 4.89. The number of anilines is 1. The van der Waals surface area contributed by atoms with Crippen molar-refractivity contribution in [1.29, 1.82) is 0 Å². The van der Waals surface area contributed by atoms with Gasteiger partial charge in [0.05, 0.1) is 12.2 Å². The van der Waals surface area contributed by atoms with Crippen molar-refractivity contribution in [2.75, 3.05) is 11.9 Å². The third-order valence-corrected chi connectivity index (χ3v) is 3.41. The van der Waals surface area contributed by atoms with Crippen LogP contribution < -0.4 is 10.7 Å². The van der Waals surface area contributed by atoms with Gasteiger partial charge < -0.3 is 10.1 Å². The number of fused-ring (bicyclic) bond motifs is 1.